The quantitative estimate of drug-likeness (QED) is 0.733. The fourth-order valence-corrected chi connectivity index (χ4v) is 2.89. The minimum Gasteiger partial charge on any atom is -0.322 e. The molecule has 0 bridgehead atoms. The van der Waals surface area contributed by atoms with E-state index in [2.05, 4.69) is 22.6 Å². The molecule has 0 saturated carbocycles. The first-order valence-electron chi connectivity index (χ1n) is 5.11. The van der Waals surface area contributed by atoms with Crippen molar-refractivity contribution in [2.45, 2.75) is 11.6 Å². The first-order chi connectivity index (χ1) is 8.37. The molecule has 0 heterocycles. The van der Waals surface area contributed by atoms with Crippen molar-refractivity contribution in [3.8, 4) is 0 Å². The SMILES string of the molecule is NC1C=CC(F)=C(F)C1(N)c1ccc(I)cc1Cl. The van der Waals surface area contributed by atoms with E-state index in [0.717, 1.165) is 9.65 Å². The van der Waals surface area contributed by atoms with Crippen molar-refractivity contribution >= 4 is 34.2 Å². The second-order valence-electron chi connectivity index (χ2n) is 4.04. The van der Waals surface area contributed by atoms with Crippen molar-refractivity contribution in [3.05, 3.63) is 56.2 Å². The summed E-state index contributed by atoms with van der Waals surface area (Å²) in [5, 5.41) is 0.262. The number of nitrogens with two attached hydrogens (primary N) is 2. The lowest BCUT2D eigenvalue weighted by molar-refractivity contribution is 0.346. The van der Waals surface area contributed by atoms with Gasteiger partial charge in [-0.05, 0) is 46.4 Å². The molecular weight excluding hydrogens is 372 g/mol. The van der Waals surface area contributed by atoms with E-state index in [9.17, 15) is 8.78 Å². The van der Waals surface area contributed by atoms with Gasteiger partial charge in [0.2, 0.25) is 0 Å². The number of hydrogen-bond acceptors (Lipinski definition) is 2. The van der Waals surface area contributed by atoms with Crippen LogP contribution in [0.1, 0.15) is 5.56 Å². The van der Waals surface area contributed by atoms with Crippen molar-refractivity contribution < 1.29 is 8.78 Å². The van der Waals surface area contributed by atoms with Gasteiger partial charge in [-0.25, -0.2) is 8.78 Å². The highest BCUT2D eigenvalue weighted by Gasteiger charge is 2.43. The van der Waals surface area contributed by atoms with E-state index in [1.54, 1.807) is 18.2 Å². The first-order valence-corrected chi connectivity index (χ1v) is 6.57. The number of rotatable bonds is 1. The maximum atomic E-state index is 14.0. The molecule has 2 rings (SSSR count). The number of hydrogen-bond donors (Lipinski definition) is 2. The molecule has 0 fully saturated rings. The predicted molar refractivity (Wildman–Crippen MR) is 76.4 cm³/mol. The standard InChI is InChI=1S/C12H10ClF2IN2/c13-8-5-6(16)1-2-7(8)12(18)10(17)4-3-9(14)11(12)15/h1-5,10H,17-18H2. The van der Waals surface area contributed by atoms with E-state index in [1.165, 1.54) is 6.08 Å². The summed E-state index contributed by atoms with van der Waals surface area (Å²) in [6.07, 6.45) is 2.30. The third-order valence-electron chi connectivity index (χ3n) is 2.93. The van der Waals surface area contributed by atoms with Crippen LogP contribution in [0.15, 0.2) is 42.0 Å². The van der Waals surface area contributed by atoms with Gasteiger partial charge in [-0.1, -0.05) is 23.7 Å². The molecule has 0 amide bonds. The lowest BCUT2D eigenvalue weighted by Gasteiger charge is -2.35. The smallest absolute Gasteiger partial charge is 0.162 e. The van der Waals surface area contributed by atoms with Crippen LogP contribution in [0.25, 0.3) is 0 Å². The Bertz CT molecular complexity index is 559. The van der Waals surface area contributed by atoms with Gasteiger partial charge in [0, 0.05) is 8.59 Å². The zero-order chi connectivity index (χ0) is 13.5. The average Bonchev–Trinajstić information content (AvgIpc) is 2.31. The highest BCUT2D eigenvalue weighted by molar-refractivity contribution is 14.1. The molecule has 0 saturated heterocycles. The van der Waals surface area contributed by atoms with Gasteiger partial charge in [-0.2, -0.15) is 0 Å². The van der Waals surface area contributed by atoms with E-state index in [4.69, 9.17) is 23.1 Å². The molecule has 1 aliphatic carbocycles. The lowest BCUT2D eigenvalue weighted by atomic mass is 9.80. The minimum atomic E-state index is -1.76. The number of halogens is 4. The Morgan fingerprint density at radius 3 is 2.61 bits per heavy atom. The van der Waals surface area contributed by atoms with Gasteiger partial charge >= 0.3 is 0 Å². The average molecular weight is 383 g/mol. The Morgan fingerprint density at radius 1 is 1.33 bits per heavy atom. The van der Waals surface area contributed by atoms with E-state index in [0.29, 0.717) is 0 Å². The number of benzene rings is 1. The van der Waals surface area contributed by atoms with Gasteiger partial charge in [0.1, 0.15) is 5.54 Å². The van der Waals surface area contributed by atoms with Crippen LogP contribution in [0.5, 0.6) is 0 Å². The van der Waals surface area contributed by atoms with E-state index in [-0.39, 0.29) is 10.6 Å². The van der Waals surface area contributed by atoms with Gasteiger partial charge in [-0.15, -0.1) is 0 Å². The van der Waals surface area contributed by atoms with E-state index >= 15 is 0 Å². The van der Waals surface area contributed by atoms with Crippen LogP contribution in [0.4, 0.5) is 8.78 Å². The molecule has 2 atom stereocenters. The van der Waals surface area contributed by atoms with Crippen LogP contribution in [0.3, 0.4) is 0 Å². The molecule has 0 radical (unpaired) electrons. The molecule has 6 heteroatoms. The Balaban J connectivity index is 2.63. The highest BCUT2D eigenvalue weighted by Crippen LogP contribution is 2.40. The monoisotopic (exact) mass is 382 g/mol. The van der Waals surface area contributed by atoms with Crippen LogP contribution < -0.4 is 11.5 Å². The van der Waals surface area contributed by atoms with Gasteiger partial charge in [0.15, 0.2) is 11.7 Å². The Morgan fingerprint density at radius 2 is 2.00 bits per heavy atom. The molecule has 18 heavy (non-hydrogen) atoms. The molecule has 0 spiro atoms. The third kappa shape index (κ3) is 2.09. The van der Waals surface area contributed by atoms with Gasteiger partial charge in [0.05, 0.1) is 6.04 Å². The Kier molecular flexibility index (Phi) is 3.77. The summed E-state index contributed by atoms with van der Waals surface area (Å²) in [5.41, 5.74) is 10.3. The van der Waals surface area contributed by atoms with Crippen LogP contribution in [0.2, 0.25) is 5.02 Å². The maximum absolute atomic E-state index is 14.0. The maximum Gasteiger partial charge on any atom is 0.162 e. The van der Waals surface area contributed by atoms with Gasteiger partial charge in [-0.3, -0.25) is 0 Å². The summed E-state index contributed by atoms with van der Waals surface area (Å²) in [5.74, 6) is -2.12. The Hall–Kier alpha value is -0.500. The van der Waals surface area contributed by atoms with Crippen molar-refractivity contribution in [1.82, 2.24) is 0 Å². The van der Waals surface area contributed by atoms with Gasteiger partial charge in [0.25, 0.3) is 0 Å². The number of allylic oxidation sites excluding steroid dienone is 2. The van der Waals surface area contributed by atoms with Crippen molar-refractivity contribution in [3.63, 3.8) is 0 Å². The molecule has 0 aromatic heterocycles. The van der Waals surface area contributed by atoms with E-state index in [1.807, 2.05) is 0 Å². The molecule has 2 unspecified atom stereocenters. The predicted octanol–water partition coefficient (Wildman–Crippen LogP) is 3.15. The van der Waals surface area contributed by atoms with Crippen LogP contribution >= 0.6 is 34.2 Å². The van der Waals surface area contributed by atoms with Gasteiger partial charge < -0.3 is 11.5 Å². The van der Waals surface area contributed by atoms with Crippen molar-refractivity contribution in [1.29, 1.82) is 0 Å². The molecule has 0 aliphatic heterocycles. The Labute approximate surface area is 122 Å². The topological polar surface area (TPSA) is 52.0 Å². The second-order valence-corrected chi connectivity index (χ2v) is 5.69. The summed E-state index contributed by atoms with van der Waals surface area (Å²) in [4.78, 5) is 0. The van der Waals surface area contributed by atoms with Crippen molar-refractivity contribution in [2.24, 2.45) is 11.5 Å². The minimum absolute atomic E-state index is 0.262. The fraction of sp³-hybridized carbons (Fsp3) is 0.167. The molecule has 1 aromatic rings. The molecular formula is C12H10ClF2IN2. The molecule has 4 N–H and O–H groups in total. The van der Waals surface area contributed by atoms with Crippen LogP contribution in [0, 0.1) is 3.57 Å². The summed E-state index contributed by atoms with van der Waals surface area (Å²) >= 11 is 8.12. The highest BCUT2D eigenvalue weighted by atomic mass is 127. The zero-order valence-electron chi connectivity index (χ0n) is 9.13. The third-order valence-corrected chi connectivity index (χ3v) is 3.91. The fourth-order valence-electron chi connectivity index (χ4n) is 1.88. The molecule has 1 aliphatic rings. The largest absolute Gasteiger partial charge is 0.322 e. The summed E-state index contributed by atoms with van der Waals surface area (Å²) < 4.78 is 28.3. The second kappa shape index (κ2) is 4.88. The van der Waals surface area contributed by atoms with Crippen LogP contribution in [-0.2, 0) is 5.54 Å². The van der Waals surface area contributed by atoms with E-state index < -0.39 is 23.2 Å². The van der Waals surface area contributed by atoms with Crippen LogP contribution in [-0.4, -0.2) is 6.04 Å². The summed E-state index contributed by atoms with van der Waals surface area (Å²) in [7, 11) is 0. The zero-order valence-corrected chi connectivity index (χ0v) is 12.0. The first kappa shape index (κ1) is 13.9. The molecule has 2 nitrogen and oxygen atoms in total. The summed E-state index contributed by atoms with van der Waals surface area (Å²) in [6.45, 7) is 0. The normalized spacial score (nSPS) is 27.8. The molecule has 96 valence electrons. The summed E-state index contributed by atoms with van der Waals surface area (Å²) in [6, 6.07) is 4.03. The molecule has 1 aromatic carbocycles. The van der Waals surface area contributed by atoms with Crippen molar-refractivity contribution in [2.75, 3.05) is 0 Å². The lowest BCUT2D eigenvalue weighted by Crippen LogP contribution is -2.53.